The van der Waals surface area contributed by atoms with Crippen LogP contribution in [-0.4, -0.2) is 49.4 Å². The maximum absolute atomic E-state index is 11.6. The molecule has 0 aliphatic heterocycles. The summed E-state index contributed by atoms with van der Waals surface area (Å²) in [5, 5.41) is 22.4. The van der Waals surface area contributed by atoms with Gasteiger partial charge in [0.25, 0.3) is 0 Å². The summed E-state index contributed by atoms with van der Waals surface area (Å²) in [4.78, 5) is 10.9. The van der Waals surface area contributed by atoms with Crippen molar-refractivity contribution in [2.45, 2.75) is 101 Å². The molecule has 1 aromatic heterocycles. The number of H-pyrrole nitrogens is 1. The number of imidazole rings is 1. The monoisotopic (exact) mass is 397 g/mol. The molecule has 0 spiro atoms. The second-order valence-electron chi connectivity index (χ2n) is 9.99. The third-order valence-corrected chi connectivity index (χ3v) is 8.26. The highest BCUT2D eigenvalue weighted by Gasteiger charge is 2.52. The van der Waals surface area contributed by atoms with Gasteiger partial charge in [0.15, 0.2) is 0 Å². The molecule has 1 heterocycles. The average Bonchev–Trinajstić information content (AvgIpc) is 3.20. The molecule has 0 amide bonds. The molecule has 3 fully saturated rings. The molecule has 5 nitrogen and oxygen atoms in total. The van der Waals surface area contributed by atoms with Gasteiger partial charge in [0, 0.05) is 6.04 Å². The van der Waals surface area contributed by atoms with Crippen LogP contribution in [0.3, 0.4) is 0 Å². The minimum atomic E-state index is -1.14. The summed E-state index contributed by atoms with van der Waals surface area (Å²) in [6, 6.07) is 6.80. The predicted molar refractivity (Wildman–Crippen MR) is 115 cm³/mol. The molecular formula is C24H35N3O2. The first-order valence-corrected chi connectivity index (χ1v) is 11.6. The average molecular weight is 398 g/mol. The summed E-state index contributed by atoms with van der Waals surface area (Å²) in [5.41, 5.74) is 2.55. The van der Waals surface area contributed by atoms with Crippen LogP contribution in [0.25, 0.3) is 11.0 Å². The number of likely N-dealkylation sites (N-methyl/N-ethyl adjacent to an activating group) is 1. The van der Waals surface area contributed by atoms with E-state index in [-0.39, 0.29) is 6.04 Å². The number of aliphatic hydroxyl groups is 2. The van der Waals surface area contributed by atoms with E-state index < -0.39 is 11.7 Å². The van der Waals surface area contributed by atoms with Crippen molar-refractivity contribution in [3.05, 3.63) is 29.6 Å². The van der Waals surface area contributed by atoms with Gasteiger partial charge in [-0.15, -0.1) is 0 Å². The molecule has 1 aromatic carbocycles. The van der Waals surface area contributed by atoms with Gasteiger partial charge in [-0.3, -0.25) is 4.90 Å². The van der Waals surface area contributed by atoms with Gasteiger partial charge in [-0.1, -0.05) is 32.8 Å². The second-order valence-corrected chi connectivity index (χ2v) is 9.99. The molecule has 5 heteroatoms. The zero-order valence-corrected chi connectivity index (χ0v) is 17.8. The Bertz CT molecular complexity index is 885. The lowest BCUT2D eigenvalue weighted by Gasteiger charge is -2.47. The Morgan fingerprint density at radius 3 is 2.52 bits per heavy atom. The smallest absolute Gasteiger partial charge is 0.127 e. The first-order valence-electron chi connectivity index (χ1n) is 11.6. The summed E-state index contributed by atoms with van der Waals surface area (Å²) in [6.07, 6.45) is 8.84. The van der Waals surface area contributed by atoms with E-state index in [4.69, 9.17) is 4.98 Å². The summed E-state index contributed by atoms with van der Waals surface area (Å²) in [5.74, 6) is 0.813. The van der Waals surface area contributed by atoms with Gasteiger partial charge < -0.3 is 15.2 Å². The molecule has 29 heavy (non-hydrogen) atoms. The Labute approximate surface area is 173 Å². The van der Waals surface area contributed by atoms with Crippen molar-refractivity contribution >= 4 is 11.0 Å². The summed E-state index contributed by atoms with van der Waals surface area (Å²) in [7, 11) is 0. The fourth-order valence-electron chi connectivity index (χ4n) is 5.90. The van der Waals surface area contributed by atoms with Gasteiger partial charge in [0.05, 0.1) is 23.2 Å². The zero-order valence-electron chi connectivity index (χ0n) is 17.8. The first-order chi connectivity index (χ1) is 13.9. The van der Waals surface area contributed by atoms with Crippen LogP contribution in [0, 0.1) is 0 Å². The Morgan fingerprint density at radius 1 is 1.17 bits per heavy atom. The molecule has 3 atom stereocenters. The number of hydrogen-bond acceptors (Lipinski definition) is 4. The molecule has 2 aromatic rings. The van der Waals surface area contributed by atoms with Gasteiger partial charge in [-0.25, -0.2) is 4.98 Å². The fraction of sp³-hybridized carbons (Fsp3) is 0.708. The molecular weight excluding hydrogens is 362 g/mol. The first kappa shape index (κ1) is 19.5. The van der Waals surface area contributed by atoms with Gasteiger partial charge in [-0.05, 0) is 74.6 Å². The largest absolute Gasteiger partial charge is 0.390 e. The van der Waals surface area contributed by atoms with Crippen LogP contribution in [0.4, 0.5) is 0 Å². The molecule has 0 radical (unpaired) electrons. The highest BCUT2D eigenvalue weighted by molar-refractivity contribution is 5.76. The zero-order chi connectivity index (χ0) is 20.2. The van der Waals surface area contributed by atoms with Crippen molar-refractivity contribution in [1.29, 1.82) is 0 Å². The highest BCUT2D eigenvalue weighted by Crippen LogP contribution is 2.47. The number of rotatable bonds is 6. The van der Waals surface area contributed by atoms with E-state index in [1.54, 1.807) is 0 Å². The fourth-order valence-corrected chi connectivity index (χ4v) is 5.90. The quantitative estimate of drug-likeness (QED) is 0.683. The summed E-state index contributed by atoms with van der Waals surface area (Å²) >= 11 is 0. The van der Waals surface area contributed by atoms with Crippen molar-refractivity contribution in [3.63, 3.8) is 0 Å². The standard InChI is InChI=1S/C24H35N3O2/c1-3-27(17-7-4-8-17)21(24(29)14-5-9-20(24)28)22-25-18-11-10-16(15-19(18)26-22)23(2)12-6-13-23/h10-11,15,17,20-21,28-29H,3-9,12-14H2,1-2H3,(H,25,26). The number of aromatic nitrogens is 2. The minimum absolute atomic E-state index is 0.287. The lowest BCUT2D eigenvalue weighted by molar-refractivity contribution is -0.127. The molecule has 3 aliphatic carbocycles. The molecule has 0 saturated heterocycles. The van der Waals surface area contributed by atoms with Crippen LogP contribution in [0.1, 0.15) is 89.1 Å². The lowest BCUT2D eigenvalue weighted by atomic mass is 9.66. The van der Waals surface area contributed by atoms with Crippen molar-refractivity contribution in [2.24, 2.45) is 0 Å². The van der Waals surface area contributed by atoms with Gasteiger partial charge in [0.1, 0.15) is 11.4 Å². The maximum atomic E-state index is 11.6. The van der Waals surface area contributed by atoms with Gasteiger partial charge >= 0.3 is 0 Å². The normalized spacial score (nSPS) is 30.4. The molecule has 5 rings (SSSR count). The number of aliphatic hydroxyl groups excluding tert-OH is 1. The van der Waals surface area contributed by atoms with Crippen molar-refractivity contribution < 1.29 is 10.2 Å². The third kappa shape index (κ3) is 3.05. The van der Waals surface area contributed by atoms with Crippen LogP contribution in [0.2, 0.25) is 0 Å². The molecule has 3 unspecified atom stereocenters. The number of nitrogens with zero attached hydrogens (tertiary/aromatic N) is 2. The predicted octanol–water partition coefficient (Wildman–Crippen LogP) is 4.20. The Kier molecular flexibility index (Phi) is 4.76. The number of nitrogens with one attached hydrogen (secondary N) is 1. The van der Waals surface area contributed by atoms with Crippen molar-refractivity contribution in [3.8, 4) is 0 Å². The highest BCUT2D eigenvalue weighted by atomic mass is 16.3. The number of benzene rings is 1. The molecule has 3 aliphatic rings. The third-order valence-electron chi connectivity index (χ3n) is 8.26. The topological polar surface area (TPSA) is 72.4 Å². The van der Waals surface area contributed by atoms with E-state index >= 15 is 0 Å². The SMILES string of the molecule is CCN(C1CCC1)C(c1nc2ccc(C3(C)CCC3)cc2[nH]1)C1(O)CCCC1O. The van der Waals surface area contributed by atoms with E-state index in [1.165, 1.54) is 44.1 Å². The van der Waals surface area contributed by atoms with Crippen LogP contribution in [0.5, 0.6) is 0 Å². The van der Waals surface area contributed by atoms with E-state index in [0.717, 1.165) is 29.8 Å². The van der Waals surface area contributed by atoms with E-state index in [1.807, 2.05) is 0 Å². The number of aromatic amines is 1. The van der Waals surface area contributed by atoms with E-state index in [2.05, 4.69) is 41.9 Å². The molecule has 158 valence electrons. The van der Waals surface area contributed by atoms with Crippen LogP contribution >= 0.6 is 0 Å². The van der Waals surface area contributed by atoms with E-state index in [0.29, 0.717) is 24.3 Å². The molecule has 3 N–H and O–H groups in total. The number of hydrogen-bond donors (Lipinski definition) is 3. The Balaban J connectivity index is 1.57. The van der Waals surface area contributed by atoms with Crippen LogP contribution in [-0.2, 0) is 5.41 Å². The Morgan fingerprint density at radius 2 is 1.97 bits per heavy atom. The molecule has 3 saturated carbocycles. The minimum Gasteiger partial charge on any atom is -0.390 e. The second kappa shape index (κ2) is 7.07. The van der Waals surface area contributed by atoms with Crippen molar-refractivity contribution in [1.82, 2.24) is 14.9 Å². The van der Waals surface area contributed by atoms with Crippen LogP contribution < -0.4 is 0 Å². The van der Waals surface area contributed by atoms with Crippen molar-refractivity contribution in [2.75, 3.05) is 6.54 Å². The molecule has 0 bridgehead atoms. The maximum Gasteiger partial charge on any atom is 0.127 e. The lowest BCUT2D eigenvalue weighted by Crippen LogP contribution is -2.55. The van der Waals surface area contributed by atoms with E-state index in [9.17, 15) is 10.2 Å². The summed E-state index contributed by atoms with van der Waals surface area (Å²) < 4.78 is 0. The number of fused-ring (bicyclic) bond motifs is 1. The van der Waals surface area contributed by atoms with Gasteiger partial charge in [0.2, 0.25) is 0 Å². The van der Waals surface area contributed by atoms with Crippen LogP contribution in [0.15, 0.2) is 18.2 Å². The summed E-state index contributed by atoms with van der Waals surface area (Å²) in [6.45, 7) is 5.36. The Hall–Kier alpha value is -1.43. The van der Waals surface area contributed by atoms with Gasteiger partial charge in [-0.2, -0.15) is 0 Å².